The molecule has 0 unspecified atom stereocenters. The second-order valence-corrected chi connectivity index (χ2v) is 8.94. The Kier molecular flexibility index (Phi) is 6.27. The number of halogens is 1. The average molecular weight is 434 g/mol. The minimum absolute atomic E-state index is 0.0943. The fourth-order valence-corrected chi connectivity index (χ4v) is 4.90. The van der Waals surface area contributed by atoms with Gasteiger partial charge >= 0.3 is 0 Å². The minimum Gasteiger partial charge on any atom is -0.325 e. The molecule has 0 saturated heterocycles. The molecule has 0 spiro atoms. The molecule has 0 aliphatic heterocycles. The first-order valence-electron chi connectivity index (χ1n) is 8.62. The first-order valence-corrected chi connectivity index (χ1v) is 10.8. The molecule has 1 amide bonds. The van der Waals surface area contributed by atoms with Crippen molar-refractivity contribution in [3.8, 4) is 0 Å². The van der Waals surface area contributed by atoms with E-state index in [4.69, 9.17) is 11.6 Å². The summed E-state index contributed by atoms with van der Waals surface area (Å²) in [5, 5.41) is 4.66. The molecule has 0 radical (unpaired) electrons. The van der Waals surface area contributed by atoms with Crippen LogP contribution in [0.1, 0.15) is 16.0 Å². The van der Waals surface area contributed by atoms with Gasteiger partial charge in [0.1, 0.15) is 4.83 Å². The third-order valence-corrected chi connectivity index (χ3v) is 6.67. The lowest BCUT2D eigenvalue weighted by Gasteiger charge is -2.11. The molecule has 146 valence electrons. The van der Waals surface area contributed by atoms with Gasteiger partial charge in [-0.1, -0.05) is 29.4 Å². The highest BCUT2D eigenvalue weighted by molar-refractivity contribution is 7.99. The molecule has 8 heteroatoms. The van der Waals surface area contributed by atoms with Crippen LogP contribution < -0.4 is 10.9 Å². The van der Waals surface area contributed by atoms with E-state index in [2.05, 4.69) is 16.9 Å². The molecule has 2 aromatic heterocycles. The van der Waals surface area contributed by atoms with Crippen LogP contribution >= 0.6 is 34.7 Å². The zero-order chi connectivity index (χ0) is 20.4. The van der Waals surface area contributed by atoms with Crippen molar-refractivity contribution in [1.29, 1.82) is 0 Å². The Morgan fingerprint density at radius 3 is 2.82 bits per heavy atom. The fraction of sp³-hybridized carbons (Fsp3) is 0.250. The van der Waals surface area contributed by atoms with E-state index in [1.54, 1.807) is 28.8 Å². The number of thioether (sulfide) groups is 1. The van der Waals surface area contributed by atoms with E-state index in [1.165, 1.54) is 23.1 Å². The summed E-state index contributed by atoms with van der Waals surface area (Å²) in [7, 11) is 0. The van der Waals surface area contributed by atoms with Gasteiger partial charge in [0, 0.05) is 22.1 Å². The number of rotatable bonds is 6. The van der Waals surface area contributed by atoms with Crippen molar-refractivity contribution in [3.05, 3.63) is 62.2 Å². The second kappa shape index (κ2) is 8.51. The molecule has 0 atom stereocenters. The van der Waals surface area contributed by atoms with Crippen molar-refractivity contribution in [1.82, 2.24) is 9.55 Å². The smallest absolute Gasteiger partial charge is 0.263 e. The van der Waals surface area contributed by atoms with Crippen LogP contribution in [0.2, 0.25) is 5.02 Å². The number of fused-ring (bicyclic) bond motifs is 1. The van der Waals surface area contributed by atoms with Crippen LogP contribution in [0.3, 0.4) is 0 Å². The molecular formula is C20H20ClN3O2S2. The van der Waals surface area contributed by atoms with Gasteiger partial charge in [-0.2, -0.15) is 0 Å². The van der Waals surface area contributed by atoms with Crippen molar-refractivity contribution in [2.75, 3.05) is 11.1 Å². The molecule has 0 bridgehead atoms. The predicted molar refractivity (Wildman–Crippen MR) is 119 cm³/mol. The normalized spacial score (nSPS) is 11.0. The van der Waals surface area contributed by atoms with Crippen LogP contribution in [-0.2, 0) is 11.3 Å². The number of benzene rings is 1. The van der Waals surface area contributed by atoms with Crippen LogP contribution in [0.4, 0.5) is 5.69 Å². The van der Waals surface area contributed by atoms with Gasteiger partial charge in [-0.25, -0.2) is 4.98 Å². The molecule has 0 aliphatic rings. The lowest BCUT2D eigenvalue weighted by Crippen LogP contribution is -2.23. The van der Waals surface area contributed by atoms with Gasteiger partial charge in [-0.15, -0.1) is 17.9 Å². The standard InChI is InChI=1S/C20H20ClN3O2S2/c1-5-8-24-19(26)17-12(3)13(4)28-18(17)23-20(24)27-10-16(25)22-15-7-6-14(21)9-11(15)2/h5-7,9H,1,8,10H2,2-4H3,(H,22,25). The first kappa shape index (κ1) is 20.6. The lowest BCUT2D eigenvalue weighted by atomic mass is 10.2. The van der Waals surface area contributed by atoms with E-state index in [-0.39, 0.29) is 17.2 Å². The minimum atomic E-state index is -0.173. The maximum atomic E-state index is 12.9. The van der Waals surface area contributed by atoms with Crippen molar-refractivity contribution >= 4 is 56.5 Å². The van der Waals surface area contributed by atoms with E-state index in [1.807, 2.05) is 20.8 Å². The zero-order valence-corrected chi connectivity index (χ0v) is 18.2. The summed E-state index contributed by atoms with van der Waals surface area (Å²) in [6.45, 7) is 9.87. The third kappa shape index (κ3) is 4.16. The van der Waals surface area contributed by atoms with Crippen molar-refractivity contribution in [3.63, 3.8) is 0 Å². The largest absolute Gasteiger partial charge is 0.325 e. The van der Waals surface area contributed by atoms with Gasteiger partial charge in [-0.05, 0) is 50.1 Å². The number of anilines is 1. The monoisotopic (exact) mass is 433 g/mol. The van der Waals surface area contributed by atoms with E-state index in [0.29, 0.717) is 32.6 Å². The number of carbonyl (C=O) groups is 1. The number of allylic oxidation sites excluding steroid dienone is 1. The summed E-state index contributed by atoms with van der Waals surface area (Å²) in [5.74, 6) is -0.0333. The van der Waals surface area contributed by atoms with Crippen molar-refractivity contribution in [2.24, 2.45) is 0 Å². The van der Waals surface area contributed by atoms with Gasteiger partial charge in [0.15, 0.2) is 5.16 Å². The van der Waals surface area contributed by atoms with Crippen LogP contribution in [0.5, 0.6) is 0 Å². The number of aryl methyl sites for hydroxylation is 3. The average Bonchev–Trinajstić information content (AvgIpc) is 2.92. The molecular weight excluding hydrogens is 414 g/mol. The van der Waals surface area contributed by atoms with Gasteiger partial charge in [0.05, 0.1) is 11.1 Å². The van der Waals surface area contributed by atoms with Gasteiger partial charge in [-0.3, -0.25) is 14.2 Å². The quantitative estimate of drug-likeness (QED) is 0.339. The summed E-state index contributed by atoms with van der Waals surface area (Å²) >= 11 is 8.69. The molecule has 2 heterocycles. The van der Waals surface area contributed by atoms with Crippen LogP contribution in [-0.4, -0.2) is 21.2 Å². The molecule has 1 aromatic carbocycles. The Morgan fingerprint density at radius 2 is 2.14 bits per heavy atom. The van der Waals surface area contributed by atoms with Crippen molar-refractivity contribution < 1.29 is 4.79 Å². The second-order valence-electron chi connectivity index (χ2n) is 6.36. The predicted octanol–water partition coefficient (Wildman–Crippen LogP) is 4.95. The Bertz CT molecular complexity index is 1130. The molecule has 0 fully saturated rings. The van der Waals surface area contributed by atoms with Crippen molar-refractivity contribution in [2.45, 2.75) is 32.5 Å². The topological polar surface area (TPSA) is 64.0 Å². The number of hydrogen-bond acceptors (Lipinski definition) is 5. The molecule has 3 aromatic rings. The van der Waals surface area contributed by atoms with E-state index >= 15 is 0 Å². The molecule has 0 aliphatic carbocycles. The van der Waals surface area contributed by atoms with E-state index in [9.17, 15) is 9.59 Å². The summed E-state index contributed by atoms with van der Waals surface area (Å²) in [5.41, 5.74) is 2.47. The highest BCUT2D eigenvalue weighted by atomic mass is 35.5. The fourth-order valence-electron chi connectivity index (χ4n) is 2.79. The Balaban J connectivity index is 1.85. The number of nitrogens with zero attached hydrogens (tertiary/aromatic N) is 2. The Hall–Kier alpha value is -2.09. The summed E-state index contributed by atoms with van der Waals surface area (Å²) in [4.78, 5) is 31.8. The highest BCUT2D eigenvalue weighted by Crippen LogP contribution is 2.28. The van der Waals surface area contributed by atoms with E-state index < -0.39 is 0 Å². The van der Waals surface area contributed by atoms with Gasteiger partial charge < -0.3 is 5.32 Å². The molecule has 28 heavy (non-hydrogen) atoms. The van der Waals surface area contributed by atoms with Crippen LogP contribution in [0.15, 0.2) is 40.8 Å². The number of hydrogen-bond donors (Lipinski definition) is 1. The maximum absolute atomic E-state index is 12.9. The Morgan fingerprint density at radius 1 is 1.39 bits per heavy atom. The highest BCUT2D eigenvalue weighted by Gasteiger charge is 2.17. The molecule has 3 rings (SSSR count). The Labute approximate surface area is 176 Å². The molecule has 5 nitrogen and oxygen atoms in total. The van der Waals surface area contributed by atoms with Gasteiger partial charge in [0.25, 0.3) is 5.56 Å². The molecule has 0 saturated carbocycles. The summed E-state index contributed by atoms with van der Waals surface area (Å²) in [6.07, 6.45) is 1.66. The summed E-state index contributed by atoms with van der Waals surface area (Å²) in [6, 6.07) is 5.30. The van der Waals surface area contributed by atoms with Crippen LogP contribution in [0, 0.1) is 20.8 Å². The van der Waals surface area contributed by atoms with Crippen LogP contribution in [0.25, 0.3) is 10.2 Å². The maximum Gasteiger partial charge on any atom is 0.263 e. The number of aromatic nitrogens is 2. The molecule has 1 N–H and O–H groups in total. The third-order valence-electron chi connectivity index (χ3n) is 4.36. The SMILES string of the molecule is C=CCn1c(SCC(=O)Nc2ccc(Cl)cc2C)nc2sc(C)c(C)c2c1=O. The number of thiophene rings is 1. The number of nitrogens with one attached hydrogen (secondary N) is 1. The lowest BCUT2D eigenvalue weighted by molar-refractivity contribution is -0.113. The number of amides is 1. The van der Waals surface area contributed by atoms with E-state index in [0.717, 1.165) is 16.0 Å². The van der Waals surface area contributed by atoms with Gasteiger partial charge in [0.2, 0.25) is 5.91 Å². The number of carbonyl (C=O) groups excluding carboxylic acids is 1. The zero-order valence-electron chi connectivity index (χ0n) is 15.8. The first-order chi connectivity index (χ1) is 13.3. The summed E-state index contributed by atoms with van der Waals surface area (Å²) < 4.78 is 1.57.